The van der Waals surface area contributed by atoms with Crippen molar-refractivity contribution in [2.75, 3.05) is 7.11 Å². The number of pyridine rings is 1. The average Bonchev–Trinajstić information content (AvgIpc) is 2.29. The van der Waals surface area contributed by atoms with Crippen molar-refractivity contribution in [3.05, 3.63) is 47.8 Å². The van der Waals surface area contributed by atoms with Crippen LogP contribution in [0.3, 0.4) is 0 Å². The molecule has 81 valence electrons. The molecule has 2 nitrogen and oxygen atoms in total. The normalized spacial score (nSPS) is 10.2. The molecule has 0 atom stereocenters. The predicted octanol–water partition coefficient (Wildman–Crippen LogP) is 3.17. The second-order valence-corrected chi connectivity index (χ2v) is 3.81. The van der Waals surface area contributed by atoms with E-state index in [4.69, 9.17) is 4.74 Å². The average molecular weight is 212 g/mol. The number of methoxy groups -OCH3 is 1. The van der Waals surface area contributed by atoms with Crippen LogP contribution < -0.4 is 4.74 Å². The molecule has 0 aliphatic heterocycles. The van der Waals surface area contributed by atoms with Gasteiger partial charge in [-0.15, -0.1) is 0 Å². The van der Waals surface area contributed by atoms with Gasteiger partial charge in [-0.2, -0.15) is 0 Å². The standard InChI is InChI=1S/C14H14NO/c1-10-7-13(16-3)8-11(2)14(10)12-5-4-6-15-9-12/h4-5,7-9H,1-3H3. The third-order valence-electron chi connectivity index (χ3n) is 2.65. The van der Waals surface area contributed by atoms with E-state index >= 15 is 0 Å². The fourth-order valence-electron chi connectivity index (χ4n) is 1.96. The Morgan fingerprint density at radius 3 is 2.38 bits per heavy atom. The summed E-state index contributed by atoms with van der Waals surface area (Å²) in [5.74, 6) is 0.897. The van der Waals surface area contributed by atoms with Crippen molar-refractivity contribution in [3.63, 3.8) is 0 Å². The van der Waals surface area contributed by atoms with Crippen LogP contribution in [0.2, 0.25) is 0 Å². The number of rotatable bonds is 2. The molecule has 0 saturated heterocycles. The molecule has 1 aromatic carbocycles. The third kappa shape index (κ3) is 1.91. The zero-order chi connectivity index (χ0) is 11.5. The third-order valence-corrected chi connectivity index (χ3v) is 2.65. The van der Waals surface area contributed by atoms with E-state index in [0.29, 0.717) is 0 Å². The zero-order valence-electron chi connectivity index (χ0n) is 9.74. The van der Waals surface area contributed by atoms with E-state index in [1.54, 1.807) is 7.11 Å². The SMILES string of the molecule is COc1cc(C)c(-c2cc[c]nc2)c(C)c1. The Bertz CT molecular complexity index is 468. The summed E-state index contributed by atoms with van der Waals surface area (Å²) in [6.07, 6.45) is 4.62. The maximum atomic E-state index is 5.24. The van der Waals surface area contributed by atoms with Crippen LogP contribution in [0.15, 0.2) is 30.5 Å². The lowest BCUT2D eigenvalue weighted by Gasteiger charge is -2.11. The van der Waals surface area contributed by atoms with E-state index in [2.05, 4.69) is 25.0 Å². The quantitative estimate of drug-likeness (QED) is 0.762. The molecule has 0 fully saturated rings. The molecule has 2 rings (SSSR count). The fraction of sp³-hybridized carbons (Fsp3) is 0.214. The summed E-state index contributed by atoms with van der Waals surface area (Å²) in [6.45, 7) is 4.17. The van der Waals surface area contributed by atoms with Gasteiger partial charge in [0.05, 0.1) is 13.3 Å². The molecule has 0 bridgehead atoms. The number of aryl methyl sites for hydroxylation is 2. The molecule has 0 spiro atoms. The molecule has 16 heavy (non-hydrogen) atoms. The summed E-state index contributed by atoms with van der Waals surface area (Å²) >= 11 is 0. The van der Waals surface area contributed by atoms with Gasteiger partial charge in [0.1, 0.15) is 5.75 Å². The van der Waals surface area contributed by atoms with Gasteiger partial charge in [-0.3, -0.25) is 4.98 Å². The Kier molecular flexibility index (Phi) is 2.91. The van der Waals surface area contributed by atoms with E-state index in [0.717, 1.165) is 11.3 Å². The Labute approximate surface area is 95.9 Å². The molecule has 0 aliphatic rings. The first-order chi connectivity index (χ1) is 7.72. The molecule has 1 heterocycles. The van der Waals surface area contributed by atoms with Gasteiger partial charge in [-0.1, -0.05) is 6.07 Å². The van der Waals surface area contributed by atoms with Gasteiger partial charge in [0.25, 0.3) is 0 Å². The molecule has 0 unspecified atom stereocenters. The molecular formula is C14H14NO. The fourth-order valence-corrected chi connectivity index (χ4v) is 1.96. The van der Waals surface area contributed by atoms with E-state index in [1.165, 1.54) is 16.7 Å². The van der Waals surface area contributed by atoms with Crippen molar-refractivity contribution in [1.82, 2.24) is 4.98 Å². The van der Waals surface area contributed by atoms with Crippen molar-refractivity contribution in [2.24, 2.45) is 0 Å². The predicted molar refractivity (Wildman–Crippen MR) is 64.5 cm³/mol. The minimum Gasteiger partial charge on any atom is -0.497 e. The van der Waals surface area contributed by atoms with Crippen LogP contribution in [0.5, 0.6) is 5.75 Å². The highest BCUT2D eigenvalue weighted by atomic mass is 16.5. The highest BCUT2D eigenvalue weighted by Crippen LogP contribution is 2.30. The second kappa shape index (κ2) is 4.35. The first kappa shape index (κ1) is 10.7. The smallest absolute Gasteiger partial charge is 0.119 e. The molecule has 1 radical (unpaired) electrons. The Hall–Kier alpha value is -1.83. The molecule has 0 saturated carbocycles. The lowest BCUT2D eigenvalue weighted by Crippen LogP contribution is -1.91. The minimum atomic E-state index is 0.897. The summed E-state index contributed by atoms with van der Waals surface area (Å²) in [5.41, 5.74) is 4.74. The molecule has 2 heteroatoms. The number of aromatic nitrogens is 1. The molecule has 0 N–H and O–H groups in total. The zero-order valence-corrected chi connectivity index (χ0v) is 9.74. The first-order valence-corrected chi connectivity index (χ1v) is 5.20. The summed E-state index contributed by atoms with van der Waals surface area (Å²) in [5, 5.41) is 0. The molecular weight excluding hydrogens is 198 g/mol. The molecule has 2 aromatic rings. The van der Waals surface area contributed by atoms with Crippen molar-refractivity contribution in [3.8, 4) is 16.9 Å². The van der Waals surface area contributed by atoms with Crippen molar-refractivity contribution in [2.45, 2.75) is 13.8 Å². The van der Waals surface area contributed by atoms with Crippen LogP contribution in [-0.2, 0) is 0 Å². The molecule has 0 amide bonds. The number of nitrogens with zero attached hydrogens (tertiary/aromatic N) is 1. The van der Waals surface area contributed by atoms with Gasteiger partial charge in [-0.05, 0) is 48.7 Å². The summed E-state index contributed by atoms with van der Waals surface area (Å²) in [4.78, 5) is 4.03. The number of ether oxygens (including phenoxy) is 1. The van der Waals surface area contributed by atoms with Gasteiger partial charge in [0, 0.05) is 11.8 Å². The Morgan fingerprint density at radius 1 is 1.19 bits per heavy atom. The van der Waals surface area contributed by atoms with Crippen molar-refractivity contribution < 1.29 is 4.74 Å². The van der Waals surface area contributed by atoms with Crippen LogP contribution in [-0.4, -0.2) is 12.1 Å². The van der Waals surface area contributed by atoms with Gasteiger partial charge in [-0.25, -0.2) is 0 Å². The second-order valence-electron chi connectivity index (χ2n) is 3.81. The number of hydrogen-bond acceptors (Lipinski definition) is 2. The van der Waals surface area contributed by atoms with Crippen LogP contribution in [0.4, 0.5) is 0 Å². The van der Waals surface area contributed by atoms with E-state index in [9.17, 15) is 0 Å². The largest absolute Gasteiger partial charge is 0.497 e. The van der Waals surface area contributed by atoms with E-state index in [-0.39, 0.29) is 0 Å². The van der Waals surface area contributed by atoms with Gasteiger partial charge >= 0.3 is 0 Å². The van der Waals surface area contributed by atoms with Crippen LogP contribution in [0, 0.1) is 20.0 Å². The van der Waals surface area contributed by atoms with Crippen LogP contribution in [0.25, 0.3) is 11.1 Å². The lowest BCUT2D eigenvalue weighted by atomic mass is 9.97. The summed E-state index contributed by atoms with van der Waals surface area (Å²) < 4.78 is 5.24. The van der Waals surface area contributed by atoms with Crippen molar-refractivity contribution in [1.29, 1.82) is 0 Å². The highest BCUT2D eigenvalue weighted by Gasteiger charge is 2.07. The van der Waals surface area contributed by atoms with E-state index in [1.807, 2.05) is 30.5 Å². The summed E-state index contributed by atoms with van der Waals surface area (Å²) in [7, 11) is 1.69. The maximum absolute atomic E-state index is 5.24. The maximum Gasteiger partial charge on any atom is 0.119 e. The lowest BCUT2D eigenvalue weighted by molar-refractivity contribution is 0.414. The number of benzene rings is 1. The first-order valence-electron chi connectivity index (χ1n) is 5.20. The Morgan fingerprint density at radius 2 is 1.88 bits per heavy atom. The minimum absolute atomic E-state index is 0.897. The molecule has 1 aromatic heterocycles. The van der Waals surface area contributed by atoms with E-state index < -0.39 is 0 Å². The van der Waals surface area contributed by atoms with Crippen LogP contribution in [0.1, 0.15) is 11.1 Å². The Balaban J connectivity index is 2.58. The van der Waals surface area contributed by atoms with Crippen LogP contribution >= 0.6 is 0 Å². The monoisotopic (exact) mass is 212 g/mol. The van der Waals surface area contributed by atoms with Crippen molar-refractivity contribution >= 4 is 0 Å². The summed E-state index contributed by atoms with van der Waals surface area (Å²) in [6, 6.07) is 7.94. The van der Waals surface area contributed by atoms with Gasteiger partial charge in [0.2, 0.25) is 0 Å². The topological polar surface area (TPSA) is 22.1 Å². The molecule has 0 aliphatic carbocycles. The van der Waals surface area contributed by atoms with Gasteiger partial charge < -0.3 is 4.74 Å². The van der Waals surface area contributed by atoms with Gasteiger partial charge in [0.15, 0.2) is 0 Å². The number of hydrogen-bond donors (Lipinski definition) is 0. The highest BCUT2D eigenvalue weighted by molar-refractivity contribution is 5.71.